The molecule has 0 aliphatic heterocycles. The van der Waals surface area contributed by atoms with Crippen LogP contribution >= 0.6 is 0 Å². The first-order valence-electron chi connectivity index (χ1n) is 8.51. The van der Waals surface area contributed by atoms with Crippen molar-refractivity contribution in [3.8, 4) is 5.75 Å². The molecule has 0 saturated carbocycles. The van der Waals surface area contributed by atoms with Gasteiger partial charge in [0.25, 0.3) is 5.91 Å². The molecule has 1 heterocycles. The van der Waals surface area contributed by atoms with Crippen molar-refractivity contribution in [2.45, 2.75) is 32.7 Å². The maximum Gasteiger partial charge on any atom is 0.254 e. The van der Waals surface area contributed by atoms with Gasteiger partial charge in [0.2, 0.25) is 12.3 Å². The van der Waals surface area contributed by atoms with Crippen LogP contribution < -0.4 is 15.4 Å². The zero-order valence-corrected chi connectivity index (χ0v) is 15.4. The Morgan fingerprint density at radius 1 is 1.33 bits per heavy atom. The van der Waals surface area contributed by atoms with Crippen molar-refractivity contribution in [3.63, 3.8) is 0 Å². The van der Waals surface area contributed by atoms with Gasteiger partial charge in [0, 0.05) is 13.1 Å². The van der Waals surface area contributed by atoms with Gasteiger partial charge in [-0.1, -0.05) is 13.3 Å². The van der Waals surface area contributed by atoms with E-state index < -0.39 is 17.9 Å². The summed E-state index contributed by atoms with van der Waals surface area (Å²) in [6.45, 7) is 3.51. The fourth-order valence-electron chi connectivity index (χ4n) is 2.72. The van der Waals surface area contributed by atoms with E-state index in [0.29, 0.717) is 41.7 Å². The zero-order chi connectivity index (χ0) is 20.0. The zero-order valence-electron chi connectivity index (χ0n) is 15.4. The third kappa shape index (κ3) is 4.49. The summed E-state index contributed by atoms with van der Waals surface area (Å²) in [5.41, 5.74) is 1.33. The molecule has 0 spiro atoms. The van der Waals surface area contributed by atoms with Crippen molar-refractivity contribution >= 4 is 35.5 Å². The molecule has 1 atom stereocenters. The highest BCUT2D eigenvalue weighted by Gasteiger charge is 2.23. The summed E-state index contributed by atoms with van der Waals surface area (Å²) >= 11 is 0. The lowest BCUT2D eigenvalue weighted by Crippen LogP contribution is -2.46. The summed E-state index contributed by atoms with van der Waals surface area (Å²) in [7, 11) is 1.80. The Labute approximate surface area is 156 Å². The Bertz CT molecular complexity index is 874. The summed E-state index contributed by atoms with van der Waals surface area (Å²) in [6, 6.07) is 2.32. The highest BCUT2D eigenvalue weighted by atomic mass is 16.5. The van der Waals surface area contributed by atoms with Crippen molar-refractivity contribution in [2.24, 2.45) is 7.05 Å². The van der Waals surface area contributed by atoms with Crippen molar-refractivity contribution < 1.29 is 23.9 Å². The van der Waals surface area contributed by atoms with Crippen LogP contribution in [0.4, 0.5) is 0 Å². The first-order chi connectivity index (χ1) is 12.9. The number of aromatic nitrogens is 2. The number of hydrogen-bond donors (Lipinski definition) is 2. The van der Waals surface area contributed by atoms with E-state index in [4.69, 9.17) is 4.74 Å². The molecule has 27 heavy (non-hydrogen) atoms. The van der Waals surface area contributed by atoms with Gasteiger partial charge in [0.05, 0.1) is 11.1 Å². The number of imidazole rings is 1. The molecule has 0 radical (unpaired) electrons. The monoisotopic (exact) mass is 374 g/mol. The second-order valence-corrected chi connectivity index (χ2v) is 5.98. The van der Waals surface area contributed by atoms with Crippen LogP contribution in [0.1, 0.15) is 35.9 Å². The van der Waals surface area contributed by atoms with Crippen molar-refractivity contribution in [2.75, 3.05) is 6.61 Å². The van der Waals surface area contributed by atoms with Gasteiger partial charge in [0.15, 0.2) is 6.29 Å². The summed E-state index contributed by atoms with van der Waals surface area (Å²) < 4.78 is 7.14. The molecule has 2 aromatic rings. The van der Waals surface area contributed by atoms with Crippen LogP contribution in [0.5, 0.6) is 5.75 Å². The van der Waals surface area contributed by atoms with Crippen LogP contribution in [0.25, 0.3) is 11.0 Å². The van der Waals surface area contributed by atoms with Crippen LogP contribution in [0.3, 0.4) is 0 Å². The third-order valence-electron chi connectivity index (χ3n) is 4.15. The number of amides is 3. The quantitative estimate of drug-likeness (QED) is 0.621. The molecule has 0 aliphatic rings. The molecule has 144 valence electrons. The van der Waals surface area contributed by atoms with E-state index in [1.165, 1.54) is 6.07 Å². The molecular formula is C18H22N4O5. The lowest BCUT2D eigenvalue weighted by molar-refractivity contribution is -0.126. The first-order valence-corrected chi connectivity index (χ1v) is 8.51. The number of carbonyl (C=O) groups excluding carboxylic acids is 4. The number of fused-ring (bicyclic) bond motifs is 1. The van der Waals surface area contributed by atoms with Gasteiger partial charge in [-0.05, 0) is 19.4 Å². The van der Waals surface area contributed by atoms with Crippen molar-refractivity contribution in [3.05, 3.63) is 23.5 Å². The van der Waals surface area contributed by atoms with Crippen LogP contribution in [0.15, 0.2) is 12.1 Å². The summed E-state index contributed by atoms with van der Waals surface area (Å²) in [5.74, 6) is -0.0707. The minimum Gasteiger partial charge on any atom is -0.486 e. The fraction of sp³-hybridized carbons (Fsp3) is 0.389. The largest absolute Gasteiger partial charge is 0.486 e. The molecule has 9 heteroatoms. The van der Waals surface area contributed by atoms with E-state index in [1.54, 1.807) is 24.6 Å². The van der Waals surface area contributed by atoms with E-state index >= 15 is 0 Å². The first kappa shape index (κ1) is 20.1. The lowest BCUT2D eigenvalue weighted by Gasteiger charge is -2.16. The second kappa shape index (κ2) is 8.93. The molecule has 2 N–H and O–H groups in total. The molecule has 0 fully saturated rings. The molecule has 1 unspecified atom stereocenters. The normalized spacial score (nSPS) is 11.7. The summed E-state index contributed by atoms with van der Waals surface area (Å²) in [5, 5.41) is 4.70. The molecule has 1 aromatic heterocycles. The van der Waals surface area contributed by atoms with Crippen LogP contribution in [0, 0.1) is 6.92 Å². The molecule has 2 rings (SSSR count). The average molecular weight is 374 g/mol. The minimum absolute atomic E-state index is 0.149. The number of imide groups is 1. The number of nitrogens with zero attached hydrogens (tertiary/aromatic N) is 2. The van der Waals surface area contributed by atoms with Gasteiger partial charge >= 0.3 is 0 Å². The van der Waals surface area contributed by atoms with Gasteiger partial charge < -0.3 is 14.6 Å². The van der Waals surface area contributed by atoms with E-state index in [9.17, 15) is 19.2 Å². The number of rotatable bonds is 9. The molecule has 3 amide bonds. The molecule has 1 aromatic carbocycles. The standard InChI is InChI=1S/C18H22N4O5/c1-4-5-14(18(26)19-10-24)21-17(25)13-8-12(27-7-6-23)9-15-16(13)20-11(2)22(15)3/h6,8-10,14H,4-5,7H2,1-3H3,(H,21,25)(H,19,24,26). The number of ether oxygens (including phenoxy) is 1. The Morgan fingerprint density at radius 3 is 2.70 bits per heavy atom. The van der Waals surface area contributed by atoms with E-state index in [1.807, 2.05) is 6.92 Å². The fourth-order valence-corrected chi connectivity index (χ4v) is 2.72. The van der Waals surface area contributed by atoms with Gasteiger partial charge in [0.1, 0.15) is 29.7 Å². The highest BCUT2D eigenvalue weighted by Crippen LogP contribution is 2.26. The molecule has 0 bridgehead atoms. The van der Waals surface area contributed by atoms with Crippen molar-refractivity contribution in [1.29, 1.82) is 0 Å². The number of nitrogens with one attached hydrogen (secondary N) is 2. The average Bonchev–Trinajstić information content (AvgIpc) is 2.93. The Balaban J connectivity index is 2.43. The smallest absolute Gasteiger partial charge is 0.254 e. The lowest BCUT2D eigenvalue weighted by atomic mass is 10.1. The van der Waals surface area contributed by atoms with E-state index in [-0.39, 0.29) is 18.6 Å². The number of hydrogen-bond acceptors (Lipinski definition) is 6. The number of benzene rings is 1. The third-order valence-corrected chi connectivity index (χ3v) is 4.15. The Hall–Kier alpha value is -3.23. The van der Waals surface area contributed by atoms with Crippen LogP contribution in [0.2, 0.25) is 0 Å². The van der Waals surface area contributed by atoms with Crippen LogP contribution in [-0.4, -0.2) is 46.7 Å². The topological polar surface area (TPSA) is 119 Å². The van der Waals surface area contributed by atoms with Crippen LogP contribution in [-0.2, 0) is 21.4 Å². The number of carbonyl (C=O) groups is 4. The predicted molar refractivity (Wildman–Crippen MR) is 97.4 cm³/mol. The summed E-state index contributed by atoms with van der Waals surface area (Å²) in [6.07, 6.45) is 1.90. The number of aryl methyl sites for hydroxylation is 2. The van der Waals surface area contributed by atoms with Gasteiger partial charge in [-0.2, -0.15) is 0 Å². The summed E-state index contributed by atoms with van der Waals surface area (Å²) in [4.78, 5) is 50.4. The van der Waals surface area contributed by atoms with Gasteiger partial charge in [-0.3, -0.25) is 24.5 Å². The van der Waals surface area contributed by atoms with E-state index in [0.717, 1.165) is 0 Å². The maximum atomic E-state index is 12.8. The predicted octanol–water partition coefficient (Wildman–Crippen LogP) is 0.631. The van der Waals surface area contributed by atoms with Gasteiger partial charge in [-0.15, -0.1) is 0 Å². The highest BCUT2D eigenvalue weighted by molar-refractivity contribution is 6.07. The molecular weight excluding hydrogens is 352 g/mol. The van der Waals surface area contributed by atoms with E-state index in [2.05, 4.69) is 15.6 Å². The SMILES string of the molecule is CCCC(NC(=O)c1cc(OCC=O)cc2c1nc(C)n2C)C(=O)NC=O. The Kier molecular flexibility index (Phi) is 6.64. The minimum atomic E-state index is -0.855. The number of aldehydes is 1. The molecule has 9 nitrogen and oxygen atoms in total. The second-order valence-electron chi connectivity index (χ2n) is 5.98. The Morgan fingerprint density at radius 2 is 2.07 bits per heavy atom. The molecule has 0 aliphatic carbocycles. The maximum absolute atomic E-state index is 12.8. The van der Waals surface area contributed by atoms with Gasteiger partial charge in [-0.25, -0.2) is 4.98 Å². The van der Waals surface area contributed by atoms with Crippen molar-refractivity contribution in [1.82, 2.24) is 20.2 Å². The molecule has 0 saturated heterocycles.